The van der Waals surface area contributed by atoms with Gasteiger partial charge in [0.1, 0.15) is 4.88 Å². The molecule has 1 amide bonds. The van der Waals surface area contributed by atoms with Gasteiger partial charge in [0.05, 0.1) is 17.2 Å². The van der Waals surface area contributed by atoms with Crippen molar-refractivity contribution < 1.29 is 4.79 Å². The summed E-state index contributed by atoms with van der Waals surface area (Å²) in [6.45, 7) is 1.66. The number of hydrogen-bond donors (Lipinski definition) is 0. The summed E-state index contributed by atoms with van der Waals surface area (Å²) in [6.07, 6.45) is 5.66. The molecule has 0 unspecified atom stereocenters. The van der Waals surface area contributed by atoms with E-state index in [4.69, 9.17) is 0 Å². The number of carbonyl (C=O) groups is 1. The van der Waals surface area contributed by atoms with Crippen molar-refractivity contribution in [1.29, 1.82) is 0 Å². The number of carbonyl (C=O) groups excluding carboxylic acids is 1. The van der Waals surface area contributed by atoms with E-state index in [1.165, 1.54) is 22.3 Å². The maximum absolute atomic E-state index is 12.4. The first-order valence-corrected chi connectivity index (χ1v) is 8.69. The van der Waals surface area contributed by atoms with Crippen LogP contribution in [0.4, 0.5) is 0 Å². The molecule has 4 rings (SSSR count). The van der Waals surface area contributed by atoms with E-state index in [9.17, 15) is 4.79 Å². The van der Waals surface area contributed by atoms with Gasteiger partial charge in [-0.05, 0) is 36.5 Å². The largest absolute Gasteiger partial charge is 0.338 e. The van der Waals surface area contributed by atoms with Crippen molar-refractivity contribution in [2.75, 3.05) is 13.1 Å². The molecule has 0 aliphatic carbocycles. The van der Waals surface area contributed by atoms with Gasteiger partial charge in [0.2, 0.25) is 0 Å². The highest BCUT2D eigenvalue weighted by Gasteiger charge is 2.27. The lowest BCUT2D eigenvalue weighted by atomic mass is 9.99. The first-order chi connectivity index (χ1) is 11.3. The SMILES string of the molecule is O=C(c1cncs1)N1CC[C@@H](Cc2cnc3ccccc3c2)C1. The molecular weight excluding hydrogens is 306 g/mol. The van der Waals surface area contributed by atoms with E-state index in [-0.39, 0.29) is 5.91 Å². The number of aromatic nitrogens is 2. The summed E-state index contributed by atoms with van der Waals surface area (Å²) in [5.74, 6) is 0.626. The lowest BCUT2D eigenvalue weighted by Gasteiger charge is -2.15. The number of rotatable bonds is 3. The molecule has 3 aromatic rings. The van der Waals surface area contributed by atoms with E-state index >= 15 is 0 Å². The highest BCUT2D eigenvalue weighted by atomic mass is 32.1. The quantitative estimate of drug-likeness (QED) is 0.742. The molecule has 0 N–H and O–H groups in total. The zero-order chi connectivity index (χ0) is 15.6. The number of para-hydroxylation sites is 1. The Labute approximate surface area is 138 Å². The van der Waals surface area contributed by atoms with Crippen molar-refractivity contribution in [3.8, 4) is 0 Å². The average molecular weight is 323 g/mol. The normalized spacial score (nSPS) is 17.7. The molecule has 1 aromatic carbocycles. The Morgan fingerprint density at radius 1 is 1.30 bits per heavy atom. The lowest BCUT2D eigenvalue weighted by Crippen LogP contribution is -2.28. The highest BCUT2D eigenvalue weighted by Crippen LogP contribution is 2.24. The van der Waals surface area contributed by atoms with Crippen LogP contribution in [0, 0.1) is 5.92 Å². The second kappa shape index (κ2) is 6.08. The van der Waals surface area contributed by atoms with Crippen LogP contribution >= 0.6 is 11.3 Å². The maximum atomic E-state index is 12.4. The van der Waals surface area contributed by atoms with Crippen LogP contribution < -0.4 is 0 Å². The molecule has 1 fully saturated rings. The van der Waals surface area contributed by atoms with Crippen LogP contribution in [0.1, 0.15) is 21.7 Å². The maximum Gasteiger partial charge on any atom is 0.265 e. The molecule has 1 aliphatic heterocycles. The Morgan fingerprint density at radius 3 is 3.09 bits per heavy atom. The van der Waals surface area contributed by atoms with Crippen LogP contribution in [0.15, 0.2) is 48.2 Å². The van der Waals surface area contributed by atoms with Crippen LogP contribution in [0.5, 0.6) is 0 Å². The van der Waals surface area contributed by atoms with Gasteiger partial charge >= 0.3 is 0 Å². The van der Waals surface area contributed by atoms with Crippen molar-refractivity contribution in [2.24, 2.45) is 5.92 Å². The molecule has 1 aliphatic rings. The van der Waals surface area contributed by atoms with E-state index in [2.05, 4.69) is 22.1 Å². The third-order valence-corrected chi connectivity index (χ3v) is 5.15. The summed E-state index contributed by atoms with van der Waals surface area (Å²) in [5, 5.41) is 1.18. The fourth-order valence-corrected chi connectivity index (χ4v) is 3.81. The van der Waals surface area contributed by atoms with Gasteiger partial charge in [-0.15, -0.1) is 11.3 Å². The summed E-state index contributed by atoms with van der Waals surface area (Å²) >= 11 is 1.41. The molecule has 4 nitrogen and oxygen atoms in total. The zero-order valence-corrected chi connectivity index (χ0v) is 13.5. The molecular formula is C18H17N3OS. The Bertz CT molecular complexity index is 831. The van der Waals surface area contributed by atoms with E-state index < -0.39 is 0 Å². The van der Waals surface area contributed by atoms with Crippen LogP contribution in [0.3, 0.4) is 0 Å². The van der Waals surface area contributed by atoms with Crippen LogP contribution in [0.25, 0.3) is 10.9 Å². The van der Waals surface area contributed by atoms with Crippen molar-refractivity contribution in [2.45, 2.75) is 12.8 Å². The number of fused-ring (bicyclic) bond motifs is 1. The number of thiazole rings is 1. The Hall–Kier alpha value is -2.27. The van der Waals surface area contributed by atoms with Crippen molar-refractivity contribution in [3.63, 3.8) is 0 Å². The molecule has 5 heteroatoms. The van der Waals surface area contributed by atoms with Gasteiger partial charge in [0, 0.05) is 24.7 Å². The van der Waals surface area contributed by atoms with Crippen LogP contribution in [-0.2, 0) is 6.42 Å². The molecule has 116 valence electrons. The molecule has 2 aromatic heterocycles. The van der Waals surface area contributed by atoms with Crippen molar-refractivity contribution in [1.82, 2.24) is 14.9 Å². The molecule has 1 saturated heterocycles. The number of amides is 1. The number of nitrogens with zero attached hydrogens (tertiary/aromatic N) is 3. The van der Waals surface area contributed by atoms with Crippen LogP contribution in [-0.4, -0.2) is 33.9 Å². The van der Waals surface area contributed by atoms with Gasteiger partial charge in [-0.1, -0.05) is 18.2 Å². The van der Waals surface area contributed by atoms with E-state index in [0.29, 0.717) is 5.92 Å². The third-order valence-electron chi connectivity index (χ3n) is 4.39. The predicted molar refractivity (Wildman–Crippen MR) is 91.6 cm³/mol. The fraction of sp³-hybridized carbons (Fsp3) is 0.278. The highest BCUT2D eigenvalue weighted by molar-refractivity contribution is 7.11. The monoisotopic (exact) mass is 323 g/mol. The summed E-state index contributed by atoms with van der Waals surface area (Å²) < 4.78 is 0. The minimum absolute atomic E-state index is 0.117. The lowest BCUT2D eigenvalue weighted by molar-refractivity contribution is 0.0791. The summed E-state index contributed by atoms with van der Waals surface area (Å²) in [6, 6.07) is 10.4. The van der Waals surface area contributed by atoms with Gasteiger partial charge in [0.15, 0.2) is 0 Å². The minimum Gasteiger partial charge on any atom is -0.338 e. The molecule has 0 spiro atoms. The van der Waals surface area contributed by atoms with E-state index in [1.807, 2.05) is 29.3 Å². The zero-order valence-electron chi connectivity index (χ0n) is 12.7. The number of benzene rings is 1. The molecule has 3 heterocycles. The van der Waals surface area contributed by atoms with Crippen LogP contribution in [0.2, 0.25) is 0 Å². The van der Waals surface area contributed by atoms with Gasteiger partial charge in [-0.3, -0.25) is 14.8 Å². The first-order valence-electron chi connectivity index (χ1n) is 7.81. The molecule has 0 radical (unpaired) electrons. The molecule has 23 heavy (non-hydrogen) atoms. The molecule has 0 bridgehead atoms. The summed E-state index contributed by atoms with van der Waals surface area (Å²) in [5.41, 5.74) is 3.99. The van der Waals surface area contributed by atoms with Crippen molar-refractivity contribution >= 4 is 28.1 Å². The van der Waals surface area contributed by atoms with Gasteiger partial charge < -0.3 is 4.90 Å². The first kappa shape index (κ1) is 14.3. The van der Waals surface area contributed by atoms with Gasteiger partial charge in [0.25, 0.3) is 5.91 Å². The Morgan fingerprint density at radius 2 is 2.22 bits per heavy atom. The standard InChI is InChI=1S/C18H17N3OS/c22-18(17-10-19-12-23-17)21-6-5-13(11-21)7-14-8-15-3-1-2-4-16(15)20-9-14/h1-4,8-10,12-13H,5-7,11H2/t13-/m0/s1. The number of hydrogen-bond acceptors (Lipinski definition) is 4. The van der Waals surface area contributed by atoms with Gasteiger partial charge in [-0.25, -0.2) is 0 Å². The third kappa shape index (κ3) is 2.97. The van der Waals surface area contributed by atoms with Gasteiger partial charge in [-0.2, -0.15) is 0 Å². The summed E-state index contributed by atoms with van der Waals surface area (Å²) in [4.78, 5) is 23.6. The van der Waals surface area contributed by atoms with Crippen molar-refractivity contribution in [3.05, 3.63) is 58.7 Å². The van der Waals surface area contributed by atoms with E-state index in [0.717, 1.165) is 36.3 Å². The molecule has 0 saturated carbocycles. The number of likely N-dealkylation sites (tertiary alicyclic amines) is 1. The predicted octanol–water partition coefficient (Wildman–Crippen LogP) is 3.40. The fourth-order valence-electron chi connectivity index (χ4n) is 3.22. The Kier molecular flexibility index (Phi) is 3.79. The Balaban J connectivity index is 1.44. The summed E-state index contributed by atoms with van der Waals surface area (Å²) in [7, 11) is 0. The average Bonchev–Trinajstić information content (AvgIpc) is 3.26. The smallest absolute Gasteiger partial charge is 0.265 e. The second-order valence-electron chi connectivity index (χ2n) is 6.01. The van der Waals surface area contributed by atoms with E-state index in [1.54, 1.807) is 11.7 Å². The molecule has 1 atom stereocenters. The topological polar surface area (TPSA) is 46.1 Å². The number of pyridine rings is 1. The minimum atomic E-state index is 0.117. The second-order valence-corrected chi connectivity index (χ2v) is 6.90.